The Bertz CT molecular complexity index is 1520. The average Bonchev–Trinajstić information content (AvgIpc) is 3.95. The van der Waals surface area contributed by atoms with Crippen molar-refractivity contribution >= 4 is 50.0 Å². The van der Waals surface area contributed by atoms with Crippen LogP contribution in [0.5, 0.6) is 0 Å². The fourth-order valence-corrected chi connectivity index (χ4v) is 12.5. The lowest BCUT2D eigenvalue weighted by atomic mass is 9.70. The van der Waals surface area contributed by atoms with Crippen molar-refractivity contribution in [2.45, 2.75) is 186 Å². The highest BCUT2D eigenvalue weighted by molar-refractivity contribution is 8.29. The number of unbranched alkanes of at least 4 members (excludes halogenated alkanes) is 1. The molecule has 0 bridgehead atoms. The number of likely N-dealkylation sites (tertiary alicyclic amines) is 1. The van der Waals surface area contributed by atoms with E-state index < -0.39 is 50.0 Å². The standard InChI is InChI=1S/C42H71N5O5S/c1-10-12-19-30(33(48)36(50)43-28-20-21-28)44-35(49)32-31-29(40(31,6)7)26-47(32)37(51)34(41(8)22-15-13-16-23-41)45-38(52)46-42(24-17-14-18-25-42)27-53(9,11-2)39(3,4)5/h11,28-32,34H,9-10,12-27H2,1-8H3,(H,43,50)(H,44,49)(H2,45,46,52). The van der Waals surface area contributed by atoms with Crippen molar-refractivity contribution in [2.24, 2.45) is 22.7 Å². The Morgan fingerprint density at radius 2 is 1.53 bits per heavy atom. The number of rotatable bonds is 14. The van der Waals surface area contributed by atoms with Crippen LogP contribution in [-0.2, 0) is 19.2 Å². The summed E-state index contributed by atoms with van der Waals surface area (Å²) in [4.78, 5) is 71.7. The number of urea groups is 1. The molecule has 6 unspecified atom stereocenters. The van der Waals surface area contributed by atoms with E-state index >= 15 is 4.79 Å². The summed E-state index contributed by atoms with van der Waals surface area (Å²) in [5.74, 6) is 3.77. The quantitative estimate of drug-likeness (QED) is 0.124. The van der Waals surface area contributed by atoms with Gasteiger partial charge in [-0.1, -0.05) is 111 Å². The molecule has 0 radical (unpaired) electrons. The minimum atomic E-state index is -1.43. The number of hydrogen-bond donors (Lipinski definition) is 4. The number of carbonyl (C=O) groups is 5. The van der Waals surface area contributed by atoms with Crippen molar-refractivity contribution in [3.05, 3.63) is 0 Å². The smallest absolute Gasteiger partial charge is 0.315 e. The van der Waals surface area contributed by atoms with Crippen LogP contribution < -0.4 is 21.3 Å². The van der Waals surface area contributed by atoms with Gasteiger partial charge < -0.3 is 26.2 Å². The van der Waals surface area contributed by atoms with Gasteiger partial charge in [-0.3, -0.25) is 19.2 Å². The highest BCUT2D eigenvalue weighted by Crippen LogP contribution is 2.65. The summed E-state index contributed by atoms with van der Waals surface area (Å²) in [6.45, 7) is 17.7. The largest absolute Gasteiger partial charge is 0.347 e. The molecule has 0 aromatic carbocycles. The van der Waals surface area contributed by atoms with Crippen molar-refractivity contribution in [2.75, 3.05) is 12.3 Å². The second-order valence-electron chi connectivity index (χ2n) is 19.2. The maximum Gasteiger partial charge on any atom is 0.315 e. The van der Waals surface area contributed by atoms with Crippen LogP contribution in [-0.4, -0.2) is 92.4 Å². The molecule has 4 N–H and O–H groups in total. The van der Waals surface area contributed by atoms with Gasteiger partial charge in [-0.05, 0) is 79.3 Å². The fourth-order valence-electron chi connectivity index (χ4n) is 9.83. The van der Waals surface area contributed by atoms with Gasteiger partial charge in [0.05, 0.1) is 6.04 Å². The maximum absolute atomic E-state index is 15.0. The molecule has 11 heteroatoms. The highest BCUT2D eigenvalue weighted by atomic mass is 32.2. The third-order valence-corrected chi connectivity index (χ3v) is 18.4. The monoisotopic (exact) mass is 758 g/mol. The first-order valence-corrected chi connectivity index (χ1v) is 22.8. The van der Waals surface area contributed by atoms with Crippen LogP contribution in [0.4, 0.5) is 4.79 Å². The van der Waals surface area contributed by atoms with Crippen LogP contribution in [0.1, 0.15) is 152 Å². The zero-order valence-corrected chi connectivity index (χ0v) is 35.0. The lowest BCUT2D eigenvalue weighted by molar-refractivity contribution is -0.146. The van der Waals surface area contributed by atoms with Gasteiger partial charge in [0.15, 0.2) is 0 Å². The van der Waals surface area contributed by atoms with Crippen LogP contribution in [0, 0.1) is 22.7 Å². The topological polar surface area (TPSA) is 137 Å². The van der Waals surface area contributed by atoms with Crippen molar-refractivity contribution in [1.29, 1.82) is 0 Å². The van der Waals surface area contributed by atoms with E-state index in [0.717, 1.165) is 89.2 Å². The molecule has 0 aromatic rings. The molecule has 4 saturated carbocycles. The van der Waals surface area contributed by atoms with Crippen molar-refractivity contribution in [3.8, 4) is 0 Å². The van der Waals surface area contributed by atoms with E-state index in [0.29, 0.717) is 19.4 Å². The SMILES string of the molecule is C=S(=CC)(CC1(NC(=O)NC(C(=O)N2CC3C(C2C(=O)NC(CCCC)C(=O)C(=O)NC2CC2)C3(C)C)C2(C)CCCCC2)CCCCC1)C(C)(C)C. The van der Waals surface area contributed by atoms with Gasteiger partial charge in [-0.15, -0.1) is 0 Å². The Morgan fingerprint density at radius 3 is 2.08 bits per heavy atom. The van der Waals surface area contributed by atoms with Crippen molar-refractivity contribution in [3.63, 3.8) is 0 Å². The molecular weight excluding hydrogens is 687 g/mol. The second kappa shape index (κ2) is 15.9. The molecule has 5 aliphatic rings. The molecule has 4 aliphatic carbocycles. The zero-order chi connectivity index (χ0) is 39.0. The van der Waals surface area contributed by atoms with Crippen molar-refractivity contribution in [1.82, 2.24) is 26.2 Å². The van der Waals surface area contributed by atoms with E-state index in [1.54, 1.807) is 4.90 Å². The minimum Gasteiger partial charge on any atom is -0.347 e. The third-order valence-electron chi connectivity index (χ3n) is 14.0. The number of carbonyl (C=O) groups excluding carboxylic acids is 5. The van der Waals surface area contributed by atoms with E-state index in [1.165, 1.54) is 0 Å². The molecule has 53 heavy (non-hydrogen) atoms. The summed E-state index contributed by atoms with van der Waals surface area (Å²) < 4.78 is -0.0282. The Labute approximate surface area is 320 Å². The number of piperidine rings is 1. The summed E-state index contributed by atoms with van der Waals surface area (Å²) in [7, 11) is -1.43. The number of amides is 5. The van der Waals surface area contributed by atoms with Gasteiger partial charge in [-0.2, -0.15) is 0 Å². The summed E-state index contributed by atoms with van der Waals surface area (Å²) in [5, 5.41) is 14.7. The fraction of sp³-hybridized carbons (Fsp3) is 0.833. The van der Waals surface area contributed by atoms with Gasteiger partial charge in [0, 0.05) is 23.9 Å². The molecule has 10 nitrogen and oxygen atoms in total. The highest BCUT2D eigenvalue weighted by Gasteiger charge is 2.70. The average molecular weight is 758 g/mol. The molecular formula is C42H71N5O5S. The van der Waals surface area contributed by atoms with Crippen molar-refractivity contribution < 1.29 is 24.0 Å². The molecule has 1 aliphatic heterocycles. The Hall–Kier alpha value is -2.56. The summed E-state index contributed by atoms with van der Waals surface area (Å²) in [6.07, 6.45) is 13.2. The first kappa shape index (κ1) is 41.6. The van der Waals surface area contributed by atoms with Crippen LogP contribution in [0.3, 0.4) is 0 Å². The molecule has 0 spiro atoms. The number of nitrogens with one attached hydrogen (secondary N) is 4. The van der Waals surface area contributed by atoms with E-state index in [4.69, 9.17) is 5.87 Å². The molecule has 300 valence electrons. The zero-order valence-electron chi connectivity index (χ0n) is 34.2. The molecule has 6 atom stereocenters. The molecule has 0 aromatic heterocycles. The van der Waals surface area contributed by atoms with Crippen LogP contribution in [0.15, 0.2) is 0 Å². The molecule has 1 saturated heterocycles. The first-order chi connectivity index (χ1) is 24.8. The summed E-state index contributed by atoms with van der Waals surface area (Å²) in [6, 6.07) is -2.82. The van der Waals surface area contributed by atoms with Gasteiger partial charge in [0.25, 0.3) is 5.91 Å². The number of ketones is 1. The predicted molar refractivity (Wildman–Crippen MR) is 217 cm³/mol. The van der Waals surface area contributed by atoms with E-state index in [1.807, 2.05) is 6.92 Å². The minimum absolute atomic E-state index is 0.0282. The number of Topliss-reactive ketones (excluding diaryl/α,β-unsaturated/α-hetero) is 1. The van der Waals surface area contributed by atoms with E-state index in [2.05, 4.69) is 75.1 Å². The maximum atomic E-state index is 15.0. The van der Waals surface area contributed by atoms with Crippen LogP contribution in [0.25, 0.3) is 0 Å². The molecule has 5 rings (SSSR count). The van der Waals surface area contributed by atoms with Gasteiger partial charge >= 0.3 is 6.03 Å². The van der Waals surface area contributed by atoms with E-state index in [-0.39, 0.29) is 45.9 Å². The second-order valence-corrected chi connectivity index (χ2v) is 23.1. The van der Waals surface area contributed by atoms with E-state index in [9.17, 15) is 19.2 Å². The van der Waals surface area contributed by atoms with Crippen LogP contribution in [0.2, 0.25) is 0 Å². The molecule has 5 fully saturated rings. The Balaban J connectivity index is 1.40. The van der Waals surface area contributed by atoms with Gasteiger partial charge in [-0.25, -0.2) is 14.0 Å². The summed E-state index contributed by atoms with van der Waals surface area (Å²) >= 11 is 0. The Kier molecular flexibility index (Phi) is 12.5. The summed E-state index contributed by atoms with van der Waals surface area (Å²) in [5.41, 5.74) is -1.02. The number of hydrogen-bond acceptors (Lipinski definition) is 5. The lowest BCUT2D eigenvalue weighted by Gasteiger charge is -2.46. The number of nitrogens with zero attached hydrogens (tertiary/aromatic N) is 1. The van der Waals surface area contributed by atoms with Crippen LogP contribution >= 0.6 is 9.21 Å². The normalized spacial score (nSPS) is 27.9. The Morgan fingerprint density at radius 1 is 0.925 bits per heavy atom. The lowest BCUT2D eigenvalue weighted by Crippen LogP contribution is -2.64. The molecule has 5 amide bonds. The first-order valence-electron chi connectivity index (χ1n) is 20.8. The van der Waals surface area contributed by atoms with Gasteiger partial charge in [0.2, 0.25) is 17.6 Å². The predicted octanol–water partition coefficient (Wildman–Crippen LogP) is 6.19. The van der Waals surface area contributed by atoms with Gasteiger partial charge in [0.1, 0.15) is 12.1 Å². The molecule has 1 heterocycles. The number of fused-ring (bicyclic) bond motifs is 1. The third kappa shape index (κ3) is 8.96.